The van der Waals surface area contributed by atoms with E-state index in [4.69, 9.17) is 4.74 Å². The van der Waals surface area contributed by atoms with Crippen molar-refractivity contribution in [2.75, 3.05) is 18.1 Å². The molecule has 1 saturated heterocycles. The van der Waals surface area contributed by atoms with Crippen molar-refractivity contribution in [2.45, 2.75) is 64.2 Å². The van der Waals surface area contributed by atoms with E-state index in [1.165, 1.54) is 6.07 Å². The number of carbonyl (C=O) groups excluding carboxylic acids is 2. The summed E-state index contributed by atoms with van der Waals surface area (Å²) in [7, 11) is -3.20. The summed E-state index contributed by atoms with van der Waals surface area (Å²) >= 11 is 0. The molecule has 0 aromatic heterocycles. The molecule has 1 aliphatic heterocycles. The van der Waals surface area contributed by atoms with Crippen LogP contribution in [0.4, 0.5) is 4.39 Å². The zero-order chi connectivity index (χ0) is 22.4. The lowest BCUT2D eigenvalue weighted by Crippen LogP contribution is -2.40. The summed E-state index contributed by atoms with van der Waals surface area (Å²) in [6.07, 6.45) is 5.35. The van der Waals surface area contributed by atoms with Crippen molar-refractivity contribution >= 4 is 21.7 Å². The van der Waals surface area contributed by atoms with Crippen molar-refractivity contribution in [1.82, 2.24) is 5.32 Å². The third-order valence-corrected chi connectivity index (χ3v) is 7.94. The Kier molecular flexibility index (Phi) is 8.08. The molecular formula is C23H32FNO5S. The van der Waals surface area contributed by atoms with Gasteiger partial charge in [-0.1, -0.05) is 19.4 Å². The largest absolute Gasteiger partial charge is 0.490 e. The van der Waals surface area contributed by atoms with Gasteiger partial charge in [0.05, 0.1) is 18.1 Å². The maximum Gasteiger partial charge on any atom is 0.229 e. The molecule has 0 radical (unpaired) electrons. The van der Waals surface area contributed by atoms with E-state index in [0.717, 1.165) is 18.4 Å². The number of hydrogen-bond donors (Lipinski definition) is 1. The van der Waals surface area contributed by atoms with Gasteiger partial charge in [0, 0.05) is 12.3 Å². The average Bonchev–Trinajstić information content (AvgIpc) is 3.55. The van der Waals surface area contributed by atoms with Gasteiger partial charge in [0.1, 0.15) is 9.84 Å². The number of amides is 2. The minimum Gasteiger partial charge on any atom is -0.490 e. The number of sulfone groups is 1. The highest BCUT2D eigenvalue weighted by Gasteiger charge is 2.26. The van der Waals surface area contributed by atoms with Crippen LogP contribution in [0, 0.1) is 17.7 Å². The molecule has 6 nitrogen and oxygen atoms in total. The molecule has 0 bridgehead atoms. The third kappa shape index (κ3) is 7.59. The Morgan fingerprint density at radius 3 is 2.65 bits per heavy atom. The second-order valence-electron chi connectivity index (χ2n) is 8.93. The molecule has 1 unspecified atom stereocenters. The summed E-state index contributed by atoms with van der Waals surface area (Å²) in [5, 5.41) is 2.33. The summed E-state index contributed by atoms with van der Waals surface area (Å²) in [6, 6.07) is 4.77. The molecule has 31 heavy (non-hydrogen) atoms. The number of piperidine rings is 1. The van der Waals surface area contributed by atoms with Crippen LogP contribution in [0.1, 0.15) is 69.8 Å². The van der Waals surface area contributed by atoms with Gasteiger partial charge in [-0.3, -0.25) is 14.9 Å². The second-order valence-corrected chi connectivity index (χ2v) is 11.2. The number of nitrogens with one attached hydrogen (secondary N) is 1. The molecule has 0 spiro atoms. The van der Waals surface area contributed by atoms with Gasteiger partial charge in [0.25, 0.3) is 0 Å². The quantitative estimate of drug-likeness (QED) is 0.385. The van der Waals surface area contributed by atoms with Gasteiger partial charge in [-0.15, -0.1) is 0 Å². The summed E-state index contributed by atoms with van der Waals surface area (Å²) in [5.41, 5.74) is 0.875. The topological polar surface area (TPSA) is 89.5 Å². The van der Waals surface area contributed by atoms with Crippen molar-refractivity contribution in [2.24, 2.45) is 11.8 Å². The monoisotopic (exact) mass is 453 g/mol. The molecule has 2 atom stereocenters. The summed E-state index contributed by atoms with van der Waals surface area (Å²) < 4.78 is 44.4. The smallest absolute Gasteiger partial charge is 0.229 e. The number of benzene rings is 1. The SMILES string of the molecule is C[C@@H](CCS(=O)(=O)CCCCC1CCC(=O)NC1=O)c1ccc(F)c(OCC2CC2)c1. The van der Waals surface area contributed by atoms with E-state index in [9.17, 15) is 22.4 Å². The number of rotatable bonds is 12. The van der Waals surface area contributed by atoms with Crippen LogP contribution in [0.25, 0.3) is 0 Å². The van der Waals surface area contributed by atoms with Crippen LogP contribution < -0.4 is 10.1 Å². The van der Waals surface area contributed by atoms with E-state index in [-0.39, 0.29) is 46.7 Å². The Morgan fingerprint density at radius 1 is 1.16 bits per heavy atom. The second kappa shape index (κ2) is 10.6. The van der Waals surface area contributed by atoms with E-state index in [2.05, 4.69) is 5.32 Å². The minimum atomic E-state index is -3.20. The first-order valence-electron chi connectivity index (χ1n) is 11.2. The van der Waals surface area contributed by atoms with Gasteiger partial charge in [0.2, 0.25) is 11.8 Å². The molecule has 1 saturated carbocycles. The molecule has 1 aromatic carbocycles. The van der Waals surface area contributed by atoms with Crippen LogP contribution in [0.5, 0.6) is 5.75 Å². The maximum absolute atomic E-state index is 14.0. The fraction of sp³-hybridized carbons (Fsp3) is 0.652. The number of halogens is 1. The predicted octanol–water partition coefficient (Wildman–Crippen LogP) is 3.75. The average molecular weight is 454 g/mol. The molecule has 2 amide bonds. The molecule has 1 N–H and O–H groups in total. The van der Waals surface area contributed by atoms with Crippen molar-refractivity contribution < 1.29 is 27.1 Å². The molecule has 1 aromatic rings. The van der Waals surface area contributed by atoms with E-state index in [1.807, 2.05) is 6.92 Å². The highest BCUT2D eigenvalue weighted by Crippen LogP contribution is 2.31. The Bertz CT molecular complexity index is 897. The molecule has 8 heteroatoms. The van der Waals surface area contributed by atoms with Crippen LogP contribution >= 0.6 is 0 Å². The lowest BCUT2D eigenvalue weighted by atomic mass is 9.93. The molecule has 1 heterocycles. The van der Waals surface area contributed by atoms with Gasteiger partial charge in [0.15, 0.2) is 11.6 Å². The minimum absolute atomic E-state index is 0.0258. The van der Waals surface area contributed by atoms with Gasteiger partial charge in [-0.2, -0.15) is 0 Å². The number of imide groups is 1. The lowest BCUT2D eigenvalue weighted by molar-refractivity contribution is -0.136. The zero-order valence-electron chi connectivity index (χ0n) is 18.1. The third-order valence-electron chi connectivity index (χ3n) is 6.17. The van der Waals surface area contributed by atoms with Crippen LogP contribution in [0.15, 0.2) is 18.2 Å². The van der Waals surface area contributed by atoms with Gasteiger partial charge < -0.3 is 4.74 Å². The van der Waals surface area contributed by atoms with Gasteiger partial charge in [-0.05, 0) is 68.1 Å². The predicted molar refractivity (Wildman–Crippen MR) is 116 cm³/mol. The molecule has 1 aliphatic carbocycles. The maximum atomic E-state index is 14.0. The summed E-state index contributed by atoms with van der Waals surface area (Å²) in [5.74, 6) is -0.159. The van der Waals surface area contributed by atoms with Crippen LogP contribution in [0.2, 0.25) is 0 Å². The van der Waals surface area contributed by atoms with E-state index in [0.29, 0.717) is 51.0 Å². The zero-order valence-corrected chi connectivity index (χ0v) is 18.9. The van der Waals surface area contributed by atoms with Crippen molar-refractivity contribution in [1.29, 1.82) is 0 Å². The molecular weight excluding hydrogens is 421 g/mol. The molecule has 3 rings (SSSR count). The standard InChI is InChI=1S/C23H32FNO5S/c1-16(19-7-9-20(24)21(14-19)30-15-17-5-6-17)11-13-31(28,29)12-3-2-4-18-8-10-22(26)25-23(18)27/h7,9,14,16-18H,2-6,8,10-13,15H2,1H3,(H,25,26,27)/t16-,18?/m0/s1. The first-order chi connectivity index (χ1) is 14.7. The first kappa shape index (κ1) is 23.7. The van der Waals surface area contributed by atoms with Crippen LogP contribution in [0.3, 0.4) is 0 Å². The fourth-order valence-corrected chi connectivity index (χ4v) is 5.34. The number of carbonyl (C=O) groups is 2. The lowest BCUT2D eigenvalue weighted by Gasteiger charge is -2.20. The highest BCUT2D eigenvalue weighted by molar-refractivity contribution is 7.91. The summed E-state index contributed by atoms with van der Waals surface area (Å²) in [6.45, 7) is 2.47. The van der Waals surface area contributed by atoms with Gasteiger partial charge >= 0.3 is 0 Å². The van der Waals surface area contributed by atoms with Crippen molar-refractivity contribution in [3.8, 4) is 5.75 Å². The van der Waals surface area contributed by atoms with Crippen LogP contribution in [-0.2, 0) is 19.4 Å². The number of ether oxygens (including phenoxy) is 1. The van der Waals surface area contributed by atoms with E-state index < -0.39 is 9.84 Å². The molecule has 172 valence electrons. The summed E-state index contributed by atoms with van der Waals surface area (Å²) in [4.78, 5) is 22.9. The number of unbranched alkanes of at least 4 members (excludes halogenated alkanes) is 1. The Morgan fingerprint density at radius 2 is 1.94 bits per heavy atom. The molecule has 2 aliphatic rings. The first-order valence-corrected chi connectivity index (χ1v) is 13.0. The Balaban J connectivity index is 1.40. The normalized spacial score (nSPS) is 20.4. The van der Waals surface area contributed by atoms with Crippen LogP contribution in [-0.4, -0.2) is 38.3 Å². The van der Waals surface area contributed by atoms with Crippen molar-refractivity contribution in [3.63, 3.8) is 0 Å². The number of hydrogen-bond acceptors (Lipinski definition) is 5. The molecule has 2 fully saturated rings. The van der Waals surface area contributed by atoms with E-state index >= 15 is 0 Å². The Hall–Kier alpha value is -1.96. The Labute approximate surface area is 183 Å². The fourth-order valence-electron chi connectivity index (χ4n) is 3.78. The van der Waals surface area contributed by atoms with Crippen molar-refractivity contribution in [3.05, 3.63) is 29.6 Å². The highest BCUT2D eigenvalue weighted by atomic mass is 32.2. The van der Waals surface area contributed by atoms with E-state index in [1.54, 1.807) is 12.1 Å². The van der Waals surface area contributed by atoms with Gasteiger partial charge in [-0.25, -0.2) is 12.8 Å².